The van der Waals surface area contributed by atoms with Crippen LogP contribution in [0, 0.1) is 5.82 Å². The molecule has 0 aromatic heterocycles. The number of hydrogen-bond donors (Lipinski definition) is 1. The second kappa shape index (κ2) is 8.41. The van der Waals surface area contributed by atoms with Gasteiger partial charge < -0.3 is 5.32 Å². The van der Waals surface area contributed by atoms with Crippen LogP contribution in [-0.2, 0) is 13.0 Å². The van der Waals surface area contributed by atoms with Gasteiger partial charge in [-0.2, -0.15) is 0 Å². The molecule has 1 aliphatic rings. The molecular formula is C21H27FN2. The fourth-order valence-corrected chi connectivity index (χ4v) is 3.55. The number of benzene rings is 2. The zero-order valence-corrected chi connectivity index (χ0v) is 14.4. The quantitative estimate of drug-likeness (QED) is 0.863. The topological polar surface area (TPSA) is 15.3 Å². The van der Waals surface area contributed by atoms with Crippen LogP contribution in [0.4, 0.5) is 4.39 Å². The van der Waals surface area contributed by atoms with Crippen molar-refractivity contribution < 1.29 is 4.39 Å². The Hall–Kier alpha value is -1.71. The first-order valence-corrected chi connectivity index (χ1v) is 8.96. The van der Waals surface area contributed by atoms with Gasteiger partial charge in [-0.3, -0.25) is 4.90 Å². The van der Waals surface area contributed by atoms with Crippen molar-refractivity contribution in [3.8, 4) is 0 Å². The predicted octanol–water partition coefficient (Wildman–Crippen LogP) is 4.01. The predicted molar refractivity (Wildman–Crippen MR) is 97.4 cm³/mol. The van der Waals surface area contributed by atoms with E-state index < -0.39 is 0 Å². The fourth-order valence-electron chi connectivity index (χ4n) is 3.55. The van der Waals surface area contributed by atoms with Gasteiger partial charge in [0, 0.05) is 18.6 Å². The van der Waals surface area contributed by atoms with Gasteiger partial charge in [0.2, 0.25) is 0 Å². The summed E-state index contributed by atoms with van der Waals surface area (Å²) in [6, 6.07) is 18.6. The molecule has 3 rings (SSSR count). The van der Waals surface area contributed by atoms with Gasteiger partial charge in [0.15, 0.2) is 0 Å². The Kier molecular flexibility index (Phi) is 6.00. The van der Waals surface area contributed by atoms with Crippen LogP contribution in [0.5, 0.6) is 0 Å². The summed E-state index contributed by atoms with van der Waals surface area (Å²) in [5, 5.41) is 3.69. The molecule has 0 spiro atoms. The number of likely N-dealkylation sites (tertiary alicyclic amines) is 1. The fraction of sp³-hybridized carbons (Fsp3) is 0.429. The number of piperidine rings is 1. The van der Waals surface area contributed by atoms with Crippen molar-refractivity contribution in [2.45, 2.75) is 44.8 Å². The summed E-state index contributed by atoms with van der Waals surface area (Å²) in [4.78, 5) is 2.52. The van der Waals surface area contributed by atoms with Crippen molar-refractivity contribution in [1.82, 2.24) is 10.2 Å². The van der Waals surface area contributed by atoms with Crippen molar-refractivity contribution in [2.75, 3.05) is 13.1 Å². The minimum atomic E-state index is -0.0937. The molecule has 1 aliphatic heterocycles. The van der Waals surface area contributed by atoms with Crippen LogP contribution in [0.25, 0.3) is 0 Å². The van der Waals surface area contributed by atoms with E-state index in [1.54, 1.807) is 12.1 Å². The van der Waals surface area contributed by atoms with Gasteiger partial charge in [0.1, 0.15) is 5.82 Å². The number of nitrogens with zero attached hydrogens (tertiary/aromatic N) is 1. The van der Waals surface area contributed by atoms with Crippen molar-refractivity contribution >= 4 is 0 Å². The second-order valence-corrected chi connectivity index (χ2v) is 6.90. The van der Waals surface area contributed by atoms with E-state index in [-0.39, 0.29) is 5.82 Å². The lowest BCUT2D eigenvalue weighted by Crippen LogP contribution is -2.45. The molecule has 0 amide bonds. The second-order valence-electron chi connectivity index (χ2n) is 6.90. The molecule has 2 aromatic carbocycles. The zero-order valence-electron chi connectivity index (χ0n) is 14.4. The van der Waals surface area contributed by atoms with Crippen LogP contribution >= 0.6 is 0 Å². The van der Waals surface area contributed by atoms with Gasteiger partial charge in [-0.1, -0.05) is 48.5 Å². The van der Waals surface area contributed by atoms with E-state index in [1.165, 1.54) is 5.56 Å². The van der Waals surface area contributed by atoms with E-state index in [1.807, 2.05) is 12.1 Å². The average molecular weight is 326 g/mol. The first-order valence-electron chi connectivity index (χ1n) is 8.96. The molecule has 2 nitrogen and oxygen atoms in total. The van der Waals surface area contributed by atoms with E-state index in [2.05, 4.69) is 47.5 Å². The summed E-state index contributed by atoms with van der Waals surface area (Å²) in [6.07, 6.45) is 3.07. The molecule has 0 radical (unpaired) electrons. The maximum Gasteiger partial charge on any atom is 0.126 e. The lowest BCUT2D eigenvalue weighted by Gasteiger charge is -2.34. The Balaban J connectivity index is 1.43. The Morgan fingerprint density at radius 2 is 1.71 bits per heavy atom. The maximum atomic E-state index is 13.8. The molecule has 128 valence electrons. The first-order chi connectivity index (χ1) is 11.7. The van der Waals surface area contributed by atoms with E-state index in [0.29, 0.717) is 12.1 Å². The average Bonchev–Trinajstić information content (AvgIpc) is 2.60. The minimum Gasteiger partial charge on any atom is -0.311 e. The maximum absolute atomic E-state index is 13.8. The third-order valence-corrected chi connectivity index (χ3v) is 4.84. The first kappa shape index (κ1) is 17.1. The Morgan fingerprint density at radius 1 is 1.04 bits per heavy atom. The summed E-state index contributed by atoms with van der Waals surface area (Å²) < 4.78 is 13.8. The van der Waals surface area contributed by atoms with Gasteiger partial charge in [0.25, 0.3) is 0 Å². The van der Waals surface area contributed by atoms with Crippen molar-refractivity contribution in [3.05, 3.63) is 71.5 Å². The summed E-state index contributed by atoms with van der Waals surface area (Å²) in [5.74, 6) is -0.0937. The molecule has 1 fully saturated rings. The number of halogens is 1. The van der Waals surface area contributed by atoms with Gasteiger partial charge in [-0.25, -0.2) is 4.39 Å². The highest BCUT2D eigenvalue weighted by Gasteiger charge is 2.20. The highest BCUT2D eigenvalue weighted by molar-refractivity contribution is 5.18. The molecule has 1 N–H and O–H groups in total. The molecular weight excluding hydrogens is 299 g/mol. The molecule has 0 aliphatic carbocycles. The summed E-state index contributed by atoms with van der Waals surface area (Å²) >= 11 is 0. The highest BCUT2D eigenvalue weighted by Crippen LogP contribution is 2.15. The lowest BCUT2D eigenvalue weighted by molar-refractivity contribution is 0.185. The van der Waals surface area contributed by atoms with E-state index in [0.717, 1.165) is 44.5 Å². The van der Waals surface area contributed by atoms with Crippen LogP contribution in [0.3, 0.4) is 0 Å². The van der Waals surface area contributed by atoms with Crippen LogP contribution in [0.2, 0.25) is 0 Å². The molecule has 3 heteroatoms. The molecule has 0 saturated carbocycles. The molecule has 2 aromatic rings. The van der Waals surface area contributed by atoms with Gasteiger partial charge >= 0.3 is 0 Å². The molecule has 1 atom stereocenters. The van der Waals surface area contributed by atoms with Crippen LogP contribution in [-0.4, -0.2) is 30.1 Å². The van der Waals surface area contributed by atoms with Crippen LogP contribution in [0.15, 0.2) is 54.6 Å². The van der Waals surface area contributed by atoms with Gasteiger partial charge in [-0.15, -0.1) is 0 Å². The van der Waals surface area contributed by atoms with Crippen molar-refractivity contribution in [1.29, 1.82) is 0 Å². The standard InChI is InChI=1S/C21H27FN2/c1-17(15-19-9-5-6-10-21(19)22)23-20-11-13-24(14-12-20)16-18-7-3-2-4-8-18/h2-10,17,20,23H,11-16H2,1H3/t17-/m0/s1. The van der Waals surface area contributed by atoms with Crippen molar-refractivity contribution in [2.24, 2.45) is 0 Å². The summed E-state index contributed by atoms with van der Waals surface area (Å²) in [5.41, 5.74) is 2.19. The van der Waals surface area contributed by atoms with Crippen molar-refractivity contribution in [3.63, 3.8) is 0 Å². The molecule has 1 heterocycles. The molecule has 1 saturated heterocycles. The van der Waals surface area contributed by atoms with Gasteiger partial charge in [0.05, 0.1) is 0 Å². The van der Waals surface area contributed by atoms with E-state index in [4.69, 9.17) is 0 Å². The van der Waals surface area contributed by atoms with E-state index >= 15 is 0 Å². The number of rotatable bonds is 6. The monoisotopic (exact) mass is 326 g/mol. The van der Waals surface area contributed by atoms with Crippen LogP contribution in [0.1, 0.15) is 30.9 Å². The summed E-state index contributed by atoms with van der Waals surface area (Å²) in [7, 11) is 0. The summed E-state index contributed by atoms with van der Waals surface area (Å²) in [6.45, 7) is 5.44. The zero-order chi connectivity index (χ0) is 16.8. The smallest absolute Gasteiger partial charge is 0.126 e. The molecule has 0 unspecified atom stereocenters. The Bertz CT molecular complexity index is 621. The lowest BCUT2D eigenvalue weighted by atomic mass is 10.0. The SMILES string of the molecule is C[C@@H](Cc1ccccc1F)NC1CCN(Cc2ccccc2)CC1. The normalized spacial score (nSPS) is 17.8. The molecule has 24 heavy (non-hydrogen) atoms. The molecule has 0 bridgehead atoms. The number of hydrogen-bond acceptors (Lipinski definition) is 2. The third kappa shape index (κ3) is 4.89. The Labute approximate surface area is 144 Å². The highest BCUT2D eigenvalue weighted by atomic mass is 19.1. The van der Waals surface area contributed by atoms with Crippen LogP contribution < -0.4 is 5.32 Å². The largest absolute Gasteiger partial charge is 0.311 e. The Morgan fingerprint density at radius 3 is 2.42 bits per heavy atom. The van der Waals surface area contributed by atoms with E-state index in [9.17, 15) is 4.39 Å². The number of nitrogens with one attached hydrogen (secondary N) is 1. The van der Waals surface area contributed by atoms with Gasteiger partial charge in [-0.05, 0) is 56.5 Å². The minimum absolute atomic E-state index is 0.0937. The third-order valence-electron chi connectivity index (χ3n) is 4.84.